The van der Waals surface area contributed by atoms with Crippen molar-refractivity contribution in [3.8, 4) is 17.0 Å². The molecule has 0 saturated carbocycles. The van der Waals surface area contributed by atoms with E-state index < -0.39 is 11.9 Å². The first kappa shape index (κ1) is 14.2. The van der Waals surface area contributed by atoms with E-state index in [1.54, 1.807) is 24.3 Å². The van der Waals surface area contributed by atoms with E-state index in [9.17, 15) is 13.2 Å². The Morgan fingerprint density at radius 1 is 1.14 bits per heavy atom. The SMILES string of the molecule is COc1ccc(-c2cc(C(F)(F)F)n3nc(N)cc3n2)cc1. The molecule has 22 heavy (non-hydrogen) atoms. The first-order valence-corrected chi connectivity index (χ1v) is 6.26. The largest absolute Gasteiger partial charge is 0.497 e. The van der Waals surface area contributed by atoms with Crippen LogP contribution in [-0.2, 0) is 6.18 Å². The molecule has 1 aromatic carbocycles. The van der Waals surface area contributed by atoms with E-state index in [-0.39, 0.29) is 17.2 Å². The summed E-state index contributed by atoms with van der Waals surface area (Å²) in [5.41, 5.74) is 5.30. The molecule has 0 spiro atoms. The van der Waals surface area contributed by atoms with Gasteiger partial charge in [-0.25, -0.2) is 9.50 Å². The third-order valence-corrected chi connectivity index (χ3v) is 3.12. The van der Waals surface area contributed by atoms with Crippen molar-refractivity contribution in [3.63, 3.8) is 0 Å². The van der Waals surface area contributed by atoms with Crippen molar-refractivity contribution < 1.29 is 17.9 Å². The van der Waals surface area contributed by atoms with E-state index in [1.807, 2.05) is 0 Å². The highest BCUT2D eigenvalue weighted by atomic mass is 19.4. The van der Waals surface area contributed by atoms with E-state index in [0.29, 0.717) is 15.8 Å². The molecule has 3 aromatic rings. The maximum atomic E-state index is 13.2. The van der Waals surface area contributed by atoms with Gasteiger partial charge in [-0.15, -0.1) is 5.10 Å². The van der Waals surface area contributed by atoms with E-state index in [2.05, 4.69) is 10.1 Å². The van der Waals surface area contributed by atoms with Crippen LogP contribution >= 0.6 is 0 Å². The summed E-state index contributed by atoms with van der Waals surface area (Å²) in [6, 6.07) is 8.82. The number of ether oxygens (including phenoxy) is 1. The van der Waals surface area contributed by atoms with Gasteiger partial charge in [-0.05, 0) is 30.3 Å². The average molecular weight is 308 g/mol. The van der Waals surface area contributed by atoms with Gasteiger partial charge in [-0.3, -0.25) is 0 Å². The molecular weight excluding hydrogens is 297 g/mol. The minimum Gasteiger partial charge on any atom is -0.497 e. The zero-order valence-corrected chi connectivity index (χ0v) is 11.4. The van der Waals surface area contributed by atoms with Gasteiger partial charge in [0.25, 0.3) is 0 Å². The topological polar surface area (TPSA) is 65.4 Å². The van der Waals surface area contributed by atoms with Gasteiger partial charge in [0, 0.05) is 11.6 Å². The fraction of sp³-hybridized carbons (Fsp3) is 0.143. The molecular formula is C14H11F3N4O. The van der Waals surface area contributed by atoms with Crippen LogP contribution in [0.3, 0.4) is 0 Å². The maximum Gasteiger partial charge on any atom is 0.433 e. The highest BCUT2D eigenvalue weighted by molar-refractivity contribution is 5.64. The van der Waals surface area contributed by atoms with Crippen LogP contribution in [0.15, 0.2) is 36.4 Å². The van der Waals surface area contributed by atoms with Gasteiger partial charge in [0.15, 0.2) is 11.3 Å². The zero-order valence-electron chi connectivity index (χ0n) is 11.4. The molecule has 0 saturated heterocycles. The molecule has 2 N–H and O–H groups in total. The molecule has 3 rings (SSSR count). The van der Waals surface area contributed by atoms with Crippen molar-refractivity contribution in [2.24, 2.45) is 0 Å². The van der Waals surface area contributed by atoms with Crippen molar-refractivity contribution in [1.29, 1.82) is 0 Å². The second-order valence-corrected chi connectivity index (χ2v) is 4.59. The molecule has 0 aliphatic rings. The molecule has 5 nitrogen and oxygen atoms in total. The molecule has 0 atom stereocenters. The quantitative estimate of drug-likeness (QED) is 0.790. The summed E-state index contributed by atoms with van der Waals surface area (Å²) in [4.78, 5) is 4.18. The van der Waals surface area contributed by atoms with Gasteiger partial charge in [-0.1, -0.05) is 0 Å². The molecule has 0 radical (unpaired) electrons. The molecule has 0 fully saturated rings. The van der Waals surface area contributed by atoms with Crippen LogP contribution in [0, 0.1) is 0 Å². The van der Waals surface area contributed by atoms with E-state index in [0.717, 1.165) is 6.07 Å². The molecule has 2 heterocycles. The summed E-state index contributed by atoms with van der Waals surface area (Å²) in [5, 5.41) is 3.63. The number of anilines is 1. The average Bonchev–Trinajstić information content (AvgIpc) is 2.85. The lowest BCUT2D eigenvalue weighted by atomic mass is 10.1. The van der Waals surface area contributed by atoms with Gasteiger partial charge in [0.05, 0.1) is 12.8 Å². The van der Waals surface area contributed by atoms with Gasteiger partial charge in [0.2, 0.25) is 0 Å². The van der Waals surface area contributed by atoms with Gasteiger partial charge in [-0.2, -0.15) is 13.2 Å². The molecule has 114 valence electrons. The molecule has 0 bridgehead atoms. The number of alkyl halides is 3. The highest BCUT2D eigenvalue weighted by Crippen LogP contribution is 2.32. The summed E-state index contributed by atoms with van der Waals surface area (Å²) >= 11 is 0. The molecule has 8 heteroatoms. The Balaban J connectivity index is 2.21. The number of hydrogen-bond acceptors (Lipinski definition) is 4. The van der Waals surface area contributed by atoms with Crippen LogP contribution < -0.4 is 10.5 Å². The number of nitrogens with two attached hydrogens (primary N) is 1. The minimum atomic E-state index is -4.57. The number of fused-ring (bicyclic) bond motifs is 1. The Hall–Kier alpha value is -2.77. The number of aromatic nitrogens is 3. The Labute approximate surface area is 123 Å². The van der Waals surface area contributed by atoms with Crippen LogP contribution in [0.4, 0.5) is 19.0 Å². The summed E-state index contributed by atoms with van der Waals surface area (Å²) in [6.07, 6.45) is -4.57. The molecule has 0 aliphatic carbocycles. The fourth-order valence-electron chi connectivity index (χ4n) is 2.10. The predicted octanol–water partition coefficient (Wildman–Crippen LogP) is 3.01. The van der Waals surface area contributed by atoms with Crippen molar-refractivity contribution in [1.82, 2.24) is 14.6 Å². The van der Waals surface area contributed by atoms with E-state index >= 15 is 0 Å². The number of halogens is 3. The Bertz CT molecular complexity index is 824. The first-order chi connectivity index (χ1) is 10.4. The summed E-state index contributed by atoms with van der Waals surface area (Å²) < 4.78 is 45.3. The van der Waals surface area contributed by atoms with Crippen LogP contribution in [0.1, 0.15) is 5.69 Å². The van der Waals surface area contributed by atoms with E-state index in [1.165, 1.54) is 13.2 Å². The first-order valence-electron chi connectivity index (χ1n) is 6.26. The Morgan fingerprint density at radius 3 is 2.41 bits per heavy atom. The van der Waals surface area contributed by atoms with Gasteiger partial charge in [0.1, 0.15) is 11.6 Å². The minimum absolute atomic E-state index is 0.0233. The highest BCUT2D eigenvalue weighted by Gasteiger charge is 2.35. The molecule has 0 amide bonds. The number of benzene rings is 1. The summed E-state index contributed by atoms with van der Waals surface area (Å²) in [5.74, 6) is 0.583. The predicted molar refractivity (Wildman–Crippen MR) is 74.4 cm³/mol. The lowest BCUT2D eigenvalue weighted by Gasteiger charge is -2.11. The standard InChI is InChI=1S/C14H11F3N4O/c1-22-9-4-2-8(3-5-9)10-6-11(14(15,16)17)21-13(19-10)7-12(18)20-21/h2-7H,1H3,(H2,18,20). The third kappa shape index (κ3) is 2.43. The lowest BCUT2D eigenvalue weighted by Crippen LogP contribution is -2.13. The normalized spacial score (nSPS) is 11.8. The summed E-state index contributed by atoms with van der Waals surface area (Å²) in [7, 11) is 1.51. The van der Waals surface area contributed by atoms with Crippen LogP contribution in [0.5, 0.6) is 5.75 Å². The maximum absolute atomic E-state index is 13.2. The number of methoxy groups -OCH3 is 1. The monoisotopic (exact) mass is 308 g/mol. The van der Waals surface area contributed by atoms with Crippen molar-refractivity contribution in [3.05, 3.63) is 42.1 Å². The van der Waals surface area contributed by atoms with Crippen LogP contribution in [-0.4, -0.2) is 21.7 Å². The number of nitrogen functional groups attached to an aromatic ring is 1. The molecule has 2 aromatic heterocycles. The van der Waals surface area contributed by atoms with Crippen molar-refractivity contribution >= 4 is 11.5 Å². The van der Waals surface area contributed by atoms with Crippen LogP contribution in [0.25, 0.3) is 16.9 Å². The second kappa shape index (κ2) is 4.90. The summed E-state index contributed by atoms with van der Waals surface area (Å²) in [6.45, 7) is 0. The Kier molecular flexibility index (Phi) is 3.16. The van der Waals surface area contributed by atoms with E-state index in [4.69, 9.17) is 10.5 Å². The molecule has 0 unspecified atom stereocenters. The zero-order chi connectivity index (χ0) is 15.9. The van der Waals surface area contributed by atoms with Crippen molar-refractivity contribution in [2.45, 2.75) is 6.18 Å². The molecule has 0 aliphatic heterocycles. The third-order valence-electron chi connectivity index (χ3n) is 3.12. The number of rotatable bonds is 2. The van der Waals surface area contributed by atoms with Gasteiger partial charge < -0.3 is 10.5 Å². The lowest BCUT2D eigenvalue weighted by molar-refractivity contribution is -0.142. The number of nitrogens with zero attached hydrogens (tertiary/aromatic N) is 3. The number of hydrogen-bond donors (Lipinski definition) is 1. The Morgan fingerprint density at radius 2 is 1.82 bits per heavy atom. The van der Waals surface area contributed by atoms with Crippen molar-refractivity contribution in [2.75, 3.05) is 12.8 Å². The fourth-order valence-corrected chi connectivity index (χ4v) is 2.10. The van der Waals surface area contributed by atoms with Gasteiger partial charge >= 0.3 is 6.18 Å². The van der Waals surface area contributed by atoms with Crippen LogP contribution in [0.2, 0.25) is 0 Å². The smallest absolute Gasteiger partial charge is 0.433 e. The second-order valence-electron chi connectivity index (χ2n) is 4.59.